The van der Waals surface area contributed by atoms with Crippen LogP contribution in [-0.2, 0) is 0 Å². The molecule has 0 bridgehead atoms. The molecular weight excluding hydrogens is 162 g/mol. The maximum atomic E-state index is 5.29. The van der Waals surface area contributed by atoms with Crippen molar-refractivity contribution in [3.8, 4) is 5.75 Å². The van der Waals surface area contributed by atoms with Crippen molar-refractivity contribution in [2.24, 2.45) is 0 Å². The summed E-state index contributed by atoms with van der Waals surface area (Å²) in [5.41, 5.74) is 1.18. The first-order valence-electron chi connectivity index (χ1n) is 4.71. The lowest BCUT2D eigenvalue weighted by Gasteiger charge is -2.22. The molecule has 2 nitrogen and oxygen atoms in total. The molecule has 1 aromatic carbocycles. The van der Waals surface area contributed by atoms with E-state index in [1.165, 1.54) is 5.69 Å². The van der Waals surface area contributed by atoms with Crippen molar-refractivity contribution in [2.75, 3.05) is 25.1 Å². The maximum Gasteiger partial charge on any atom is 0.142 e. The number of methoxy groups -OCH3 is 1. The van der Waals surface area contributed by atoms with Crippen LogP contribution in [0.4, 0.5) is 5.69 Å². The minimum Gasteiger partial charge on any atom is -0.495 e. The summed E-state index contributed by atoms with van der Waals surface area (Å²) >= 11 is 0. The fourth-order valence-corrected chi connectivity index (χ4v) is 1.46. The number of nitrogens with zero attached hydrogens (tertiary/aromatic N) is 1. The number of hydrogen-bond acceptors (Lipinski definition) is 2. The summed E-state index contributed by atoms with van der Waals surface area (Å²) in [5, 5.41) is 0. The van der Waals surface area contributed by atoms with Gasteiger partial charge in [0.05, 0.1) is 12.8 Å². The zero-order chi connectivity index (χ0) is 9.68. The molecule has 0 aromatic heterocycles. The molecule has 0 aliphatic heterocycles. The molecule has 0 atom stereocenters. The van der Waals surface area contributed by atoms with Crippen molar-refractivity contribution >= 4 is 5.69 Å². The summed E-state index contributed by atoms with van der Waals surface area (Å²) in [4.78, 5) is 2.28. The number of ether oxygens (including phenoxy) is 1. The Hall–Kier alpha value is -1.18. The minimum atomic E-state index is 0.950. The molecular formula is C11H17NO. The number of hydrogen-bond donors (Lipinski definition) is 0. The number of rotatable bonds is 4. The summed E-state index contributed by atoms with van der Waals surface area (Å²) in [7, 11) is 1.71. The lowest BCUT2D eigenvalue weighted by Crippen LogP contribution is -2.22. The van der Waals surface area contributed by atoms with Gasteiger partial charge in [0.2, 0.25) is 0 Å². The van der Waals surface area contributed by atoms with Crippen LogP contribution in [0.25, 0.3) is 0 Å². The summed E-state index contributed by atoms with van der Waals surface area (Å²) in [6, 6.07) is 8.11. The summed E-state index contributed by atoms with van der Waals surface area (Å²) in [5.74, 6) is 0.950. The molecule has 13 heavy (non-hydrogen) atoms. The Kier molecular flexibility index (Phi) is 3.62. The molecule has 0 saturated carbocycles. The van der Waals surface area contributed by atoms with Crippen LogP contribution >= 0.6 is 0 Å². The zero-order valence-electron chi connectivity index (χ0n) is 8.58. The average molecular weight is 179 g/mol. The van der Waals surface area contributed by atoms with E-state index in [2.05, 4.69) is 24.8 Å². The molecule has 0 radical (unpaired) electrons. The van der Waals surface area contributed by atoms with Crippen LogP contribution in [0.2, 0.25) is 0 Å². The minimum absolute atomic E-state index is 0.950. The zero-order valence-corrected chi connectivity index (χ0v) is 8.58. The van der Waals surface area contributed by atoms with Crippen molar-refractivity contribution in [2.45, 2.75) is 13.8 Å². The molecule has 0 spiro atoms. The fourth-order valence-electron chi connectivity index (χ4n) is 1.46. The SMILES string of the molecule is CCN(CC)c1ccccc1OC. The van der Waals surface area contributed by atoms with Gasteiger partial charge >= 0.3 is 0 Å². The number of para-hydroxylation sites is 2. The Morgan fingerprint density at radius 1 is 1.15 bits per heavy atom. The van der Waals surface area contributed by atoms with E-state index in [9.17, 15) is 0 Å². The predicted molar refractivity (Wildman–Crippen MR) is 56.6 cm³/mol. The Balaban J connectivity index is 2.96. The third-order valence-corrected chi connectivity index (χ3v) is 2.19. The highest BCUT2D eigenvalue weighted by Gasteiger charge is 2.06. The van der Waals surface area contributed by atoms with Crippen molar-refractivity contribution < 1.29 is 4.74 Å². The first-order valence-corrected chi connectivity index (χ1v) is 4.71. The van der Waals surface area contributed by atoms with E-state index in [4.69, 9.17) is 4.74 Å². The third kappa shape index (κ3) is 2.14. The average Bonchev–Trinajstić information content (AvgIpc) is 2.20. The van der Waals surface area contributed by atoms with Crippen LogP contribution in [0, 0.1) is 0 Å². The lowest BCUT2D eigenvalue weighted by atomic mass is 10.2. The van der Waals surface area contributed by atoms with E-state index in [0.29, 0.717) is 0 Å². The first kappa shape index (κ1) is 9.90. The summed E-state index contributed by atoms with van der Waals surface area (Å²) < 4.78 is 5.29. The number of benzene rings is 1. The molecule has 0 amide bonds. The fraction of sp³-hybridized carbons (Fsp3) is 0.455. The second kappa shape index (κ2) is 4.75. The molecule has 0 saturated heterocycles. The Bertz CT molecular complexity index is 256. The van der Waals surface area contributed by atoms with E-state index in [-0.39, 0.29) is 0 Å². The lowest BCUT2D eigenvalue weighted by molar-refractivity contribution is 0.414. The molecule has 0 heterocycles. The Morgan fingerprint density at radius 2 is 1.77 bits per heavy atom. The topological polar surface area (TPSA) is 12.5 Å². The molecule has 0 N–H and O–H groups in total. The quantitative estimate of drug-likeness (QED) is 0.704. The van der Waals surface area contributed by atoms with Gasteiger partial charge in [-0.25, -0.2) is 0 Å². The van der Waals surface area contributed by atoms with E-state index >= 15 is 0 Å². The summed E-state index contributed by atoms with van der Waals surface area (Å²) in [6.07, 6.45) is 0. The number of anilines is 1. The Morgan fingerprint density at radius 3 is 2.31 bits per heavy atom. The molecule has 1 aromatic rings. The van der Waals surface area contributed by atoms with Gasteiger partial charge in [0.25, 0.3) is 0 Å². The Labute approximate surface area is 80.1 Å². The largest absolute Gasteiger partial charge is 0.495 e. The molecule has 0 unspecified atom stereocenters. The van der Waals surface area contributed by atoms with Crippen molar-refractivity contribution in [1.82, 2.24) is 0 Å². The van der Waals surface area contributed by atoms with Crippen molar-refractivity contribution in [3.63, 3.8) is 0 Å². The normalized spacial score (nSPS) is 9.77. The highest BCUT2D eigenvalue weighted by molar-refractivity contribution is 5.58. The molecule has 0 aliphatic rings. The standard InChI is InChI=1S/C11H17NO/c1-4-12(5-2)10-8-6-7-9-11(10)13-3/h6-9H,4-5H2,1-3H3. The third-order valence-electron chi connectivity index (χ3n) is 2.19. The monoisotopic (exact) mass is 179 g/mol. The van der Waals surface area contributed by atoms with Gasteiger partial charge in [-0.05, 0) is 26.0 Å². The van der Waals surface area contributed by atoms with Crippen LogP contribution < -0.4 is 9.64 Å². The van der Waals surface area contributed by atoms with Crippen LogP contribution in [0.15, 0.2) is 24.3 Å². The molecule has 0 aliphatic carbocycles. The second-order valence-corrected chi connectivity index (χ2v) is 2.84. The van der Waals surface area contributed by atoms with Crippen LogP contribution in [-0.4, -0.2) is 20.2 Å². The molecule has 72 valence electrons. The maximum absolute atomic E-state index is 5.29. The van der Waals surface area contributed by atoms with Gasteiger partial charge < -0.3 is 9.64 Å². The smallest absolute Gasteiger partial charge is 0.142 e. The second-order valence-electron chi connectivity index (χ2n) is 2.84. The predicted octanol–water partition coefficient (Wildman–Crippen LogP) is 2.54. The van der Waals surface area contributed by atoms with E-state index in [0.717, 1.165) is 18.8 Å². The van der Waals surface area contributed by atoms with Gasteiger partial charge in [0.15, 0.2) is 0 Å². The molecule has 0 fully saturated rings. The van der Waals surface area contributed by atoms with Gasteiger partial charge in [-0.3, -0.25) is 0 Å². The van der Waals surface area contributed by atoms with E-state index < -0.39 is 0 Å². The van der Waals surface area contributed by atoms with Gasteiger partial charge in [-0.2, -0.15) is 0 Å². The highest BCUT2D eigenvalue weighted by atomic mass is 16.5. The first-order chi connectivity index (χ1) is 6.33. The van der Waals surface area contributed by atoms with Gasteiger partial charge in [-0.15, -0.1) is 0 Å². The van der Waals surface area contributed by atoms with Gasteiger partial charge in [0.1, 0.15) is 5.75 Å². The van der Waals surface area contributed by atoms with Crippen LogP contribution in [0.1, 0.15) is 13.8 Å². The van der Waals surface area contributed by atoms with E-state index in [1.54, 1.807) is 7.11 Å². The molecule has 1 rings (SSSR count). The summed E-state index contributed by atoms with van der Waals surface area (Å²) in [6.45, 7) is 6.32. The van der Waals surface area contributed by atoms with Crippen LogP contribution in [0.3, 0.4) is 0 Å². The van der Waals surface area contributed by atoms with E-state index in [1.807, 2.05) is 18.2 Å². The van der Waals surface area contributed by atoms with Crippen molar-refractivity contribution in [3.05, 3.63) is 24.3 Å². The highest BCUT2D eigenvalue weighted by Crippen LogP contribution is 2.26. The van der Waals surface area contributed by atoms with Crippen molar-refractivity contribution in [1.29, 1.82) is 0 Å². The van der Waals surface area contributed by atoms with Gasteiger partial charge in [0, 0.05) is 13.1 Å². The molecule has 2 heteroatoms. The van der Waals surface area contributed by atoms with Crippen LogP contribution in [0.5, 0.6) is 5.75 Å². The van der Waals surface area contributed by atoms with Gasteiger partial charge in [-0.1, -0.05) is 12.1 Å².